The van der Waals surface area contributed by atoms with E-state index in [0.717, 1.165) is 53.6 Å². The lowest BCUT2D eigenvalue weighted by molar-refractivity contribution is -0.137. The number of thioether (sulfide) groups is 1. The monoisotopic (exact) mass is 751 g/mol. The van der Waals surface area contributed by atoms with Crippen LogP contribution >= 0.6 is 55.0 Å². The first-order valence-corrected chi connectivity index (χ1v) is 16.0. The molecule has 220 valence electrons. The summed E-state index contributed by atoms with van der Waals surface area (Å²) in [6, 6.07) is 18.5. The highest BCUT2D eigenvalue weighted by Gasteiger charge is 2.56. The Bertz CT molecular complexity index is 1840. The lowest BCUT2D eigenvalue weighted by Gasteiger charge is -2.30. The Labute approximate surface area is 267 Å². The predicted octanol–water partition coefficient (Wildman–Crippen LogP) is 6.89. The maximum atomic E-state index is 13.9. The molecule has 4 aromatic rings. The molecule has 3 heterocycles. The molecule has 1 aromatic heterocycles. The molecule has 3 amide bonds. The molecular weight excluding hydrogens is 735 g/mol. The third kappa shape index (κ3) is 5.49. The number of nitrogens with zero attached hydrogens (tertiary/aromatic N) is 2. The molecular formula is C29H18Br2F3N3O4S2. The van der Waals surface area contributed by atoms with Crippen molar-refractivity contribution >= 4 is 84.1 Å². The Balaban J connectivity index is 1.40. The number of para-hydroxylation sites is 1. The number of benzene rings is 3. The van der Waals surface area contributed by atoms with E-state index in [9.17, 15) is 32.3 Å². The molecule has 7 nitrogen and oxygen atoms in total. The molecule has 1 saturated heterocycles. The minimum atomic E-state index is -4.69. The molecule has 43 heavy (non-hydrogen) atoms. The maximum absolute atomic E-state index is 13.9. The summed E-state index contributed by atoms with van der Waals surface area (Å²) in [6.07, 6.45) is -4.69. The van der Waals surface area contributed by atoms with Crippen molar-refractivity contribution in [3.63, 3.8) is 0 Å². The summed E-state index contributed by atoms with van der Waals surface area (Å²) in [6.45, 7) is -0.578. The molecule has 3 aromatic carbocycles. The number of nitrogens with one attached hydrogen (secondary N) is 1. The molecule has 14 heteroatoms. The number of halogens is 5. The first-order chi connectivity index (χ1) is 20.4. The molecule has 2 aliphatic heterocycles. The highest BCUT2D eigenvalue weighted by atomic mass is 79.9. The zero-order valence-corrected chi connectivity index (χ0v) is 26.4. The number of fused-ring (bicyclic) bond motifs is 2. The van der Waals surface area contributed by atoms with Gasteiger partial charge in [-0.05, 0) is 54.1 Å². The number of thiazole rings is 1. The van der Waals surface area contributed by atoms with E-state index in [1.807, 2.05) is 18.2 Å². The average Bonchev–Trinajstić information content (AvgIpc) is 3.39. The van der Waals surface area contributed by atoms with E-state index in [1.165, 1.54) is 12.1 Å². The first kappa shape index (κ1) is 29.9. The fraction of sp³-hybridized carbons (Fsp3) is 0.172. The van der Waals surface area contributed by atoms with Gasteiger partial charge in [0.1, 0.15) is 11.8 Å². The van der Waals surface area contributed by atoms with Gasteiger partial charge in [-0.1, -0.05) is 79.2 Å². The highest BCUT2D eigenvalue weighted by Crippen LogP contribution is 2.54. The molecule has 1 N–H and O–H groups in total. The third-order valence-corrected chi connectivity index (χ3v) is 10.8. The van der Waals surface area contributed by atoms with E-state index in [0.29, 0.717) is 21.2 Å². The van der Waals surface area contributed by atoms with E-state index >= 15 is 0 Å². The van der Waals surface area contributed by atoms with Crippen molar-refractivity contribution in [3.05, 3.63) is 107 Å². The fourth-order valence-corrected chi connectivity index (χ4v) is 8.79. The van der Waals surface area contributed by atoms with Crippen LogP contribution in [0.25, 0.3) is 0 Å². The number of rotatable bonds is 5. The molecule has 6 rings (SSSR count). The lowest BCUT2D eigenvalue weighted by Crippen LogP contribution is -2.33. The van der Waals surface area contributed by atoms with Crippen LogP contribution in [0.4, 0.5) is 24.5 Å². The number of hydrogen-bond donors (Lipinski definition) is 1. The Morgan fingerprint density at radius 3 is 2.33 bits per heavy atom. The summed E-state index contributed by atoms with van der Waals surface area (Å²) in [4.78, 5) is 55.2. The van der Waals surface area contributed by atoms with Crippen molar-refractivity contribution in [1.29, 1.82) is 0 Å². The predicted molar refractivity (Wildman–Crippen MR) is 164 cm³/mol. The molecule has 0 saturated carbocycles. The number of alkyl halides is 3. The molecule has 2 unspecified atom stereocenters. The second kappa shape index (κ2) is 11.4. The van der Waals surface area contributed by atoms with E-state index in [4.69, 9.17) is 0 Å². The van der Waals surface area contributed by atoms with Crippen molar-refractivity contribution in [1.82, 2.24) is 4.57 Å². The molecule has 0 spiro atoms. The van der Waals surface area contributed by atoms with Crippen molar-refractivity contribution < 1.29 is 27.6 Å². The number of carbonyl (C=O) groups excluding carboxylic acids is 3. The smallest absolute Gasteiger partial charge is 0.324 e. The molecule has 0 bridgehead atoms. The van der Waals surface area contributed by atoms with Gasteiger partial charge in [0, 0.05) is 19.7 Å². The van der Waals surface area contributed by atoms with E-state index in [2.05, 4.69) is 37.2 Å². The van der Waals surface area contributed by atoms with E-state index in [1.54, 1.807) is 30.3 Å². The summed E-state index contributed by atoms with van der Waals surface area (Å²) in [7, 11) is 0. The second-order valence-corrected chi connectivity index (χ2v) is 13.8. The molecule has 0 aliphatic carbocycles. The van der Waals surface area contributed by atoms with Gasteiger partial charge in [0.2, 0.25) is 17.7 Å². The van der Waals surface area contributed by atoms with Gasteiger partial charge < -0.3 is 5.32 Å². The Kier molecular flexibility index (Phi) is 7.90. The largest absolute Gasteiger partial charge is 0.418 e. The van der Waals surface area contributed by atoms with Gasteiger partial charge in [-0.2, -0.15) is 13.2 Å². The van der Waals surface area contributed by atoms with Crippen LogP contribution in [0.2, 0.25) is 0 Å². The number of imide groups is 1. The van der Waals surface area contributed by atoms with Crippen LogP contribution in [-0.4, -0.2) is 27.5 Å². The quantitative estimate of drug-likeness (QED) is 0.225. The Morgan fingerprint density at radius 2 is 1.63 bits per heavy atom. The van der Waals surface area contributed by atoms with Gasteiger partial charge in [0.05, 0.1) is 27.9 Å². The number of aromatic nitrogens is 1. The third-order valence-electron chi connectivity index (χ3n) is 7.15. The molecule has 2 aliphatic rings. The van der Waals surface area contributed by atoms with Crippen molar-refractivity contribution in [2.75, 3.05) is 10.2 Å². The Morgan fingerprint density at radius 1 is 0.907 bits per heavy atom. The summed E-state index contributed by atoms with van der Waals surface area (Å²) < 4.78 is 43.1. The number of anilines is 2. The topological polar surface area (TPSA) is 88.5 Å². The number of amides is 3. The van der Waals surface area contributed by atoms with Gasteiger partial charge in [-0.15, -0.1) is 0 Å². The van der Waals surface area contributed by atoms with Crippen molar-refractivity contribution in [2.24, 2.45) is 5.92 Å². The van der Waals surface area contributed by atoms with Gasteiger partial charge in [-0.3, -0.25) is 23.7 Å². The van der Waals surface area contributed by atoms with Crippen LogP contribution in [0.1, 0.15) is 21.9 Å². The van der Waals surface area contributed by atoms with Crippen LogP contribution in [0.3, 0.4) is 0 Å². The first-order valence-electron chi connectivity index (χ1n) is 12.7. The van der Waals surface area contributed by atoms with Crippen LogP contribution in [-0.2, 0) is 27.1 Å². The molecule has 1 fully saturated rings. The zero-order valence-electron chi connectivity index (χ0n) is 21.6. The summed E-state index contributed by atoms with van der Waals surface area (Å²) in [5, 5.41) is 1.70. The van der Waals surface area contributed by atoms with E-state index in [-0.39, 0.29) is 0 Å². The van der Waals surface area contributed by atoms with Crippen LogP contribution in [0.15, 0.2) is 91.6 Å². The van der Waals surface area contributed by atoms with Crippen LogP contribution < -0.4 is 15.1 Å². The minimum Gasteiger partial charge on any atom is -0.324 e. The lowest BCUT2D eigenvalue weighted by atomic mass is 9.83. The van der Waals surface area contributed by atoms with Crippen molar-refractivity contribution in [2.45, 2.75) is 28.9 Å². The number of hydrogen-bond acceptors (Lipinski definition) is 6. The highest BCUT2D eigenvalue weighted by molar-refractivity contribution is 9.10. The van der Waals surface area contributed by atoms with E-state index < -0.39 is 63.7 Å². The van der Waals surface area contributed by atoms with Crippen molar-refractivity contribution in [3.8, 4) is 0 Å². The van der Waals surface area contributed by atoms with Crippen LogP contribution in [0, 0.1) is 5.92 Å². The normalized spacial score (nSPS) is 19.7. The fourth-order valence-electron chi connectivity index (χ4n) is 5.33. The number of carbonyl (C=O) groups is 3. The van der Waals surface area contributed by atoms with Gasteiger partial charge in [0.15, 0.2) is 0 Å². The average molecular weight is 753 g/mol. The minimum absolute atomic E-state index is 0.333. The second-order valence-electron chi connectivity index (χ2n) is 9.80. The standard InChI is InChI=1S/C29H18Br2F3N3O4S2/c30-15-8-10-17(11-9-15)37-25(39)22-21(14-4-3-5-16(31)12-14)24-27(42-23(22)26(37)40)36(28(41)43-24)13-20(38)35-19-7-2-1-6-18(19)29(32,33)34/h1-12,21-23H,13H2,(H,35,38)/t21-,22?,23?/m1/s1. The van der Waals surface area contributed by atoms with Gasteiger partial charge >= 0.3 is 11.0 Å². The van der Waals surface area contributed by atoms with Crippen LogP contribution in [0.5, 0.6) is 0 Å². The van der Waals surface area contributed by atoms with Gasteiger partial charge in [0.25, 0.3) is 0 Å². The molecule has 0 radical (unpaired) electrons. The SMILES string of the molecule is O=C(Cn1c2c(sc1=O)[C@H](c1cccc(Br)c1)C1C(=O)N(c3ccc(Br)cc3)C(=O)C1S2)Nc1ccccc1C(F)(F)F. The Hall–Kier alpha value is -3.20. The van der Waals surface area contributed by atoms with Gasteiger partial charge in [-0.25, -0.2) is 4.90 Å². The summed E-state index contributed by atoms with van der Waals surface area (Å²) in [5.41, 5.74) is -0.344. The summed E-state index contributed by atoms with van der Waals surface area (Å²) in [5.74, 6) is -3.21. The zero-order chi connectivity index (χ0) is 30.6. The maximum Gasteiger partial charge on any atom is 0.418 e. The summed E-state index contributed by atoms with van der Waals surface area (Å²) >= 11 is 8.70. The molecule has 3 atom stereocenters.